The van der Waals surface area contributed by atoms with E-state index in [1.165, 1.54) is 0 Å². The van der Waals surface area contributed by atoms with Gasteiger partial charge in [0.05, 0.1) is 20.8 Å². The summed E-state index contributed by atoms with van der Waals surface area (Å²) >= 11 is 1.61. The molecule has 0 aliphatic heterocycles. The normalized spacial score (nSPS) is 11.5. The van der Waals surface area contributed by atoms with Gasteiger partial charge in [0, 0.05) is 17.5 Å². The van der Waals surface area contributed by atoms with Crippen molar-refractivity contribution < 1.29 is 23.8 Å². The molecule has 3 rings (SSSR count). The predicted octanol–water partition coefficient (Wildman–Crippen LogP) is 5.04. The van der Waals surface area contributed by atoms with E-state index >= 15 is 0 Å². The van der Waals surface area contributed by atoms with Gasteiger partial charge in [-0.25, -0.2) is 0 Å². The summed E-state index contributed by atoms with van der Waals surface area (Å²) in [5, 5.41) is 2.00. The number of benzene rings is 2. The van der Waals surface area contributed by atoms with Crippen molar-refractivity contribution in [2.45, 2.75) is 39.3 Å². The number of para-hydroxylation sites is 1. The molecule has 1 aromatic heterocycles. The number of amides is 2. The van der Waals surface area contributed by atoms with E-state index in [1.54, 1.807) is 30.5 Å². The molecule has 0 radical (unpaired) electrons. The summed E-state index contributed by atoms with van der Waals surface area (Å²) in [4.78, 5) is 31.2. The standard InChI is InChI=1S/C29H36N2O5S/c1-5-22(2)31(29(33)21-36-24-10-7-6-8-11-24)20-28(32)30(19-25-12-9-17-37-25)16-15-23-13-14-26(34-3)27(18-23)35-4/h6-14,17-18,22H,5,15-16,19-21H2,1-4H3. The van der Waals surface area contributed by atoms with Crippen LogP contribution >= 0.6 is 11.3 Å². The first-order valence-corrected chi connectivity index (χ1v) is 13.3. The minimum atomic E-state index is -0.206. The Morgan fingerprint density at radius 3 is 2.35 bits per heavy atom. The lowest BCUT2D eigenvalue weighted by atomic mass is 10.1. The molecule has 0 aliphatic rings. The Bertz CT molecular complexity index is 1120. The van der Waals surface area contributed by atoms with E-state index in [1.807, 2.05) is 84.8 Å². The maximum Gasteiger partial charge on any atom is 0.261 e. The van der Waals surface area contributed by atoms with Gasteiger partial charge < -0.3 is 24.0 Å². The molecule has 3 aromatic rings. The second-order valence-corrected chi connectivity index (χ2v) is 9.75. The van der Waals surface area contributed by atoms with Gasteiger partial charge in [-0.15, -0.1) is 11.3 Å². The lowest BCUT2D eigenvalue weighted by Gasteiger charge is -2.31. The molecular weight excluding hydrogens is 488 g/mol. The average molecular weight is 525 g/mol. The summed E-state index contributed by atoms with van der Waals surface area (Å²) in [5.74, 6) is 1.64. The Morgan fingerprint density at radius 1 is 0.946 bits per heavy atom. The Morgan fingerprint density at radius 2 is 1.70 bits per heavy atom. The van der Waals surface area contributed by atoms with Crippen molar-refractivity contribution in [3.05, 3.63) is 76.5 Å². The van der Waals surface area contributed by atoms with Crippen LogP contribution in [-0.2, 0) is 22.6 Å². The monoisotopic (exact) mass is 524 g/mol. The Hall–Kier alpha value is -3.52. The van der Waals surface area contributed by atoms with E-state index < -0.39 is 0 Å². The van der Waals surface area contributed by atoms with Crippen LogP contribution in [-0.4, -0.2) is 61.6 Å². The van der Waals surface area contributed by atoms with E-state index in [2.05, 4.69) is 0 Å². The quantitative estimate of drug-likeness (QED) is 0.296. The predicted molar refractivity (Wildman–Crippen MR) is 146 cm³/mol. The maximum absolute atomic E-state index is 13.6. The number of hydrogen-bond donors (Lipinski definition) is 0. The van der Waals surface area contributed by atoms with Crippen molar-refractivity contribution >= 4 is 23.2 Å². The highest BCUT2D eigenvalue weighted by atomic mass is 32.1. The first-order chi connectivity index (χ1) is 17.9. The molecule has 198 valence electrons. The van der Waals surface area contributed by atoms with Gasteiger partial charge >= 0.3 is 0 Å². The molecule has 0 saturated carbocycles. The van der Waals surface area contributed by atoms with E-state index in [-0.39, 0.29) is 31.0 Å². The van der Waals surface area contributed by atoms with Gasteiger partial charge in [0.2, 0.25) is 5.91 Å². The molecule has 2 amide bonds. The summed E-state index contributed by atoms with van der Waals surface area (Å²) in [7, 11) is 3.21. The molecule has 2 aromatic carbocycles. The molecule has 37 heavy (non-hydrogen) atoms. The summed E-state index contributed by atoms with van der Waals surface area (Å²) in [6.07, 6.45) is 1.38. The minimum Gasteiger partial charge on any atom is -0.493 e. The number of carbonyl (C=O) groups is 2. The average Bonchev–Trinajstić information content (AvgIpc) is 3.45. The number of hydrogen-bond acceptors (Lipinski definition) is 6. The summed E-state index contributed by atoms with van der Waals surface area (Å²) in [6, 6.07) is 18.9. The highest BCUT2D eigenvalue weighted by Crippen LogP contribution is 2.28. The first kappa shape index (κ1) is 28.1. The SMILES string of the molecule is CCC(C)N(CC(=O)N(CCc1ccc(OC)c(OC)c1)Cc1cccs1)C(=O)COc1ccccc1. The molecule has 0 fully saturated rings. The molecule has 8 heteroatoms. The zero-order valence-corrected chi connectivity index (χ0v) is 22.8. The third-order valence-corrected chi connectivity index (χ3v) is 7.11. The highest BCUT2D eigenvalue weighted by molar-refractivity contribution is 7.09. The van der Waals surface area contributed by atoms with E-state index in [4.69, 9.17) is 14.2 Å². The summed E-state index contributed by atoms with van der Waals surface area (Å²) in [6.45, 7) is 4.86. The molecule has 7 nitrogen and oxygen atoms in total. The molecular formula is C29H36N2O5S. The van der Waals surface area contributed by atoms with Crippen LogP contribution in [0.3, 0.4) is 0 Å². The number of rotatable bonds is 14. The van der Waals surface area contributed by atoms with Gasteiger partial charge in [-0.1, -0.05) is 37.3 Å². The van der Waals surface area contributed by atoms with Crippen LogP contribution in [0.15, 0.2) is 66.0 Å². The fraction of sp³-hybridized carbons (Fsp3) is 0.379. The third-order valence-electron chi connectivity index (χ3n) is 6.25. The van der Waals surface area contributed by atoms with Crippen molar-refractivity contribution in [3.8, 4) is 17.2 Å². The Kier molecular flexibility index (Phi) is 10.8. The molecule has 1 heterocycles. The second kappa shape index (κ2) is 14.3. The molecule has 1 unspecified atom stereocenters. The number of carbonyl (C=O) groups excluding carboxylic acids is 2. The smallest absolute Gasteiger partial charge is 0.261 e. The first-order valence-electron chi connectivity index (χ1n) is 12.4. The van der Waals surface area contributed by atoms with Gasteiger partial charge in [0.15, 0.2) is 18.1 Å². The zero-order chi connectivity index (χ0) is 26.6. The van der Waals surface area contributed by atoms with Crippen LogP contribution in [0.25, 0.3) is 0 Å². The zero-order valence-electron chi connectivity index (χ0n) is 22.0. The fourth-order valence-corrected chi connectivity index (χ4v) is 4.60. The Balaban J connectivity index is 1.71. The Labute approximate surface area is 223 Å². The van der Waals surface area contributed by atoms with Crippen LogP contribution < -0.4 is 14.2 Å². The fourth-order valence-electron chi connectivity index (χ4n) is 3.88. The van der Waals surface area contributed by atoms with Crippen molar-refractivity contribution in [2.75, 3.05) is 33.9 Å². The van der Waals surface area contributed by atoms with Crippen LogP contribution in [0, 0.1) is 0 Å². The van der Waals surface area contributed by atoms with Gasteiger partial charge in [0.25, 0.3) is 5.91 Å². The molecule has 1 atom stereocenters. The van der Waals surface area contributed by atoms with Crippen LogP contribution in [0.1, 0.15) is 30.7 Å². The van der Waals surface area contributed by atoms with Crippen LogP contribution in [0.4, 0.5) is 0 Å². The van der Waals surface area contributed by atoms with Crippen LogP contribution in [0.2, 0.25) is 0 Å². The highest BCUT2D eigenvalue weighted by Gasteiger charge is 2.25. The second-order valence-electron chi connectivity index (χ2n) is 8.71. The van der Waals surface area contributed by atoms with Gasteiger partial charge in [-0.2, -0.15) is 0 Å². The number of nitrogens with zero attached hydrogens (tertiary/aromatic N) is 2. The summed E-state index contributed by atoms with van der Waals surface area (Å²) in [5.41, 5.74) is 1.03. The molecule has 0 spiro atoms. The van der Waals surface area contributed by atoms with Crippen LogP contribution in [0.5, 0.6) is 17.2 Å². The van der Waals surface area contributed by atoms with Crippen molar-refractivity contribution in [3.63, 3.8) is 0 Å². The molecule has 0 saturated heterocycles. The summed E-state index contributed by atoms with van der Waals surface area (Å²) < 4.78 is 16.4. The van der Waals surface area contributed by atoms with Crippen molar-refractivity contribution in [1.82, 2.24) is 9.80 Å². The van der Waals surface area contributed by atoms with E-state index in [0.29, 0.717) is 36.8 Å². The van der Waals surface area contributed by atoms with Crippen molar-refractivity contribution in [2.24, 2.45) is 0 Å². The van der Waals surface area contributed by atoms with E-state index in [0.717, 1.165) is 16.9 Å². The number of ether oxygens (including phenoxy) is 3. The lowest BCUT2D eigenvalue weighted by Crippen LogP contribution is -2.48. The van der Waals surface area contributed by atoms with Crippen molar-refractivity contribution in [1.29, 1.82) is 0 Å². The van der Waals surface area contributed by atoms with Gasteiger partial charge in [-0.3, -0.25) is 9.59 Å². The topological polar surface area (TPSA) is 68.3 Å². The largest absolute Gasteiger partial charge is 0.493 e. The molecule has 0 N–H and O–H groups in total. The number of thiophene rings is 1. The lowest BCUT2D eigenvalue weighted by molar-refractivity contribution is -0.143. The van der Waals surface area contributed by atoms with E-state index in [9.17, 15) is 9.59 Å². The molecule has 0 aliphatic carbocycles. The van der Waals surface area contributed by atoms with Gasteiger partial charge in [0.1, 0.15) is 12.3 Å². The number of methoxy groups -OCH3 is 2. The molecule has 0 bridgehead atoms. The van der Waals surface area contributed by atoms with Gasteiger partial charge in [-0.05, 0) is 61.0 Å². The maximum atomic E-state index is 13.6. The third kappa shape index (κ3) is 8.25. The minimum absolute atomic E-state index is 0.00327.